The number of fused-ring (bicyclic) bond motifs is 1. The van der Waals surface area contributed by atoms with Crippen LogP contribution in [0.3, 0.4) is 0 Å². The molecule has 0 saturated heterocycles. The Morgan fingerprint density at radius 2 is 2.11 bits per heavy atom. The van der Waals surface area contributed by atoms with Gasteiger partial charge in [0.05, 0.1) is 11.4 Å². The monoisotopic (exact) mass is 260 g/mol. The number of aromatic nitrogens is 3. The molecule has 100 valence electrons. The van der Waals surface area contributed by atoms with Crippen LogP contribution in [0.25, 0.3) is 11.2 Å². The van der Waals surface area contributed by atoms with Gasteiger partial charge in [-0.05, 0) is 25.0 Å². The predicted octanol–water partition coefficient (Wildman–Crippen LogP) is 1.90. The summed E-state index contributed by atoms with van der Waals surface area (Å²) < 4.78 is 0. The first kappa shape index (κ1) is 12.0. The molecule has 2 aromatic heterocycles. The summed E-state index contributed by atoms with van der Waals surface area (Å²) in [5.41, 5.74) is 6.99. The highest BCUT2D eigenvalue weighted by molar-refractivity contribution is 5.74. The minimum Gasteiger partial charge on any atom is -0.481 e. The number of nitrogens with one attached hydrogen (secondary N) is 1. The lowest BCUT2D eigenvalue weighted by molar-refractivity contribution is -0.143. The second-order valence-corrected chi connectivity index (χ2v) is 5.07. The maximum Gasteiger partial charge on any atom is 0.307 e. The fraction of sp³-hybridized carbons (Fsp3) is 0.462. The molecule has 6 heteroatoms. The van der Waals surface area contributed by atoms with Gasteiger partial charge in [0, 0.05) is 5.92 Å². The van der Waals surface area contributed by atoms with Gasteiger partial charge in [-0.1, -0.05) is 12.8 Å². The van der Waals surface area contributed by atoms with Crippen LogP contribution in [0.15, 0.2) is 12.1 Å². The van der Waals surface area contributed by atoms with Crippen molar-refractivity contribution < 1.29 is 9.90 Å². The molecule has 0 radical (unpaired) electrons. The van der Waals surface area contributed by atoms with Crippen molar-refractivity contribution in [1.29, 1.82) is 0 Å². The summed E-state index contributed by atoms with van der Waals surface area (Å²) in [6.45, 7) is 0. The fourth-order valence-corrected chi connectivity index (χ4v) is 2.86. The zero-order chi connectivity index (χ0) is 13.4. The van der Waals surface area contributed by atoms with Crippen molar-refractivity contribution in [3.05, 3.63) is 18.0 Å². The van der Waals surface area contributed by atoms with Crippen molar-refractivity contribution in [3.63, 3.8) is 0 Å². The first-order valence-electron chi connectivity index (χ1n) is 6.50. The number of carboxylic acid groups (broad SMARTS) is 1. The Kier molecular flexibility index (Phi) is 2.85. The number of hydrogen-bond acceptors (Lipinski definition) is 4. The molecule has 4 N–H and O–H groups in total. The number of nitrogen functional groups attached to an aromatic ring is 1. The first-order chi connectivity index (χ1) is 9.15. The summed E-state index contributed by atoms with van der Waals surface area (Å²) in [5.74, 6) is -0.00450. The molecule has 0 spiro atoms. The van der Waals surface area contributed by atoms with Crippen LogP contribution < -0.4 is 5.73 Å². The van der Waals surface area contributed by atoms with Gasteiger partial charge < -0.3 is 15.8 Å². The third-order valence-electron chi connectivity index (χ3n) is 3.82. The molecule has 1 aliphatic rings. The molecule has 0 bridgehead atoms. The van der Waals surface area contributed by atoms with Crippen LogP contribution in [0.5, 0.6) is 0 Å². The van der Waals surface area contributed by atoms with Crippen LogP contribution in [-0.4, -0.2) is 26.0 Å². The lowest BCUT2D eigenvalue weighted by atomic mass is 9.79. The quantitative estimate of drug-likeness (QED) is 0.764. The summed E-state index contributed by atoms with van der Waals surface area (Å²) in [7, 11) is 0. The highest BCUT2D eigenvalue weighted by Gasteiger charge is 2.33. The molecule has 0 aliphatic heterocycles. The maximum atomic E-state index is 11.3. The van der Waals surface area contributed by atoms with Gasteiger partial charge in [-0.15, -0.1) is 0 Å². The number of pyridine rings is 1. The van der Waals surface area contributed by atoms with E-state index >= 15 is 0 Å². The zero-order valence-electron chi connectivity index (χ0n) is 10.5. The van der Waals surface area contributed by atoms with E-state index in [2.05, 4.69) is 15.0 Å². The van der Waals surface area contributed by atoms with Gasteiger partial charge in [-0.3, -0.25) is 4.79 Å². The van der Waals surface area contributed by atoms with E-state index in [1.54, 1.807) is 6.07 Å². The van der Waals surface area contributed by atoms with Crippen molar-refractivity contribution in [2.24, 2.45) is 5.92 Å². The molecule has 19 heavy (non-hydrogen) atoms. The molecule has 2 heterocycles. The largest absolute Gasteiger partial charge is 0.481 e. The highest BCUT2D eigenvalue weighted by Crippen LogP contribution is 2.37. The minimum absolute atomic E-state index is 0.0540. The second kappa shape index (κ2) is 4.53. The third kappa shape index (κ3) is 2.14. The van der Waals surface area contributed by atoms with Crippen LogP contribution in [0, 0.1) is 5.92 Å². The first-order valence-corrected chi connectivity index (χ1v) is 6.50. The Hall–Kier alpha value is -2.11. The molecule has 2 unspecified atom stereocenters. The number of imidazole rings is 1. The van der Waals surface area contributed by atoms with Crippen LogP contribution in [0.1, 0.15) is 37.4 Å². The molecule has 2 atom stereocenters. The number of H-pyrrole nitrogens is 1. The van der Waals surface area contributed by atoms with E-state index in [4.69, 9.17) is 5.73 Å². The van der Waals surface area contributed by atoms with Gasteiger partial charge in [0.1, 0.15) is 11.6 Å². The standard InChI is InChI=1S/C13H16N4O2/c14-10-6-5-9-12(16-10)17-11(15-9)7-3-1-2-4-8(7)13(18)19/h5-8H,1-4H2,(H,18,19)(H3,14,15,16,17). The normalized spacial score (nSPS) is 23.6. The van der Waals surface area contributed by atoms with E-state index < -0.39 is 5.97 Å². The smallest absolute Gasteiger partial charge is 0.307 e. The van der Waals surface area contributed by atoms with Gasteiger partial charge >= 0.3 is 5.97 Å². The predicted molar refractivity (Wildman–Crippen MR) is 70.6 cm³/mol. The number of hydrogen-bond donors (Lipinski definition) is 3. The molecule has 2 aromatic rings. The van der Waals surface area contributed by atoms with Crippen LogP contribution in [0.2, 0.25) is 0 Å². The van der Waals surface area contributed by atoms with Crippen molar-refractivity contribution in [2.75, 3.05) is 5.73 Å². The number of nitrogens with two attached hydrogens (primary N) is 1. The SMILES string of the molecule is Nc1ccc2[nH]c(C3CCCCC3C(=O)O)nc2n1. The van der Waals surface area contributed by atoms with Gasteiger partial charge in [0.2, 0.25) is 0 Å². The van der Waals surface area contributed by atoms with E-state index in [9.17, 15) is 9.90 Å². The molecule has 1 fully saturated rings. The molecular formula is C13H16N4O2. The lowest BCUT2D eigenvalue weighted by Crippen LogP contribution is -2.26. The molecular weight excluding hydrogens is 244 g/mol. The van der Waals surface area contributed by atoms with Crippen molar-refractivity contribution in [1.82, 2.24) is 15.0 Å². The number of carboxylic acids is 1. The Balaban J connectivity index is 1.99. The minimum atomic E-state index is -0.738. The van der Waals surface area contributed by atoms with E-state index in [1.165, 1.54) is 0 Å². The van der Waals surface area contributed by atoms with Gasteiger partial charge in [-0.25, -0.2) is 9.97 Å². The number of nitrogens with zero attached hydrogens (tertiary/aromatic N) is 2. The van der Waals surface area contributed by atoms with E-state index in [1.807, 2.05) is 6.07 Å². The van der Waals surface area contributed by atoms with Crippen molar-refractivity contribution in [2.45, 2.75) is 31.6 Å². The number of rotatable bonds is 2. The number of aromatic amines is 1. The van der Waals surface area contributed by atoms with Gasteiger partial charge in [-0.2, -0.15) is 0 Å². The van der Waals surface area contributed by atoms with E-state index in [0.29, 0.717) is 17.9 Å². The lowest BCUT2D eigenvalue weighted by Gasteiger charge is -2.26. The van der Waals surface area contributed by atoms with E-state index in [-0.39, 0.29) is 11.8 Å². The molecule has 1 saturated carbocycles. The Morgan fingerprint density at radius 1 is 1.32 bits per heavy atom. The summed E-state index contributed by atoms with van der Waals surface area (Å²) in [6, 6.07) is 3.53. The van der Waals surface area contributed by atoms with Crippen molar-refractivity contribution >= 4 is 23.0 Å². The van der Waals surface area contributed by atoms with Crippen LogP contribution in [0.4, 0.5) is 5.82 Å². The summed E-state index contributed by atoms with van der Waals surface area (Å²) in [5, 5.41) is 9.31. The Bertz CT molecular complexity index is 622. The molecule has 0 amide bonds. The molecule has 3 rings (SSSR count). The molecule has 6 nitrogen and oxygen atoms in total. The summed E-state index contributed by atoms with van der Waals surface area (Å²) in [4.78, 5) is 23.1. The maximum absolute atomic E-state index is 11.3. The van der Waals surface area contributed by atoms with Crippen LogP contribution >= 0.6 is 0 Å². The van der Waals surface area contributed by atoms with Gasteiger partial charge in [0.15, 0.2) is 5.65 Å². The molecule has 1 aliphatic carbocycles. The Labute approximate surface area is 110 Å². The summed E-state index contributed by atoms with van der Waals surface area (Å²) in [6.07, 6.45) is 3.58. The average molecular weight is 260 g/mol. The second-order valence-electron chi connectivity index (χ2n) is 5.07. The number of carbonyl (C=O) groups is 1. The average Bonchev–Trinajstić information content (AvgIpc) is 2.81. The number of anilines is 1. The third-order valence-corrected chi connectivity index (χ3v) is 3.82. The van der Waals surface area contributed by atoms with Crippen molar-refractivity contribution in [3.8, 4) is 0 Å². The van der Waals surface area contributed by atoms with E-state index in [0.717, 1.165) is 30.6 Å². The van der Waals surface area contributed by atoms with Gasteiger partial charge in [0.25, 0.3) is 0 Å². The highest BCUT2D eigenvalue weighted by atomic mass is 16.4. The fourth-order valence-electron chi connectivity index (χ4n) is 2.86. The summed E-state index contributed by atoms with van der Waals surface area (Å²) >= 11 is 0. The topological polar surface area (TPSA) is 105 Å². The molecule has 0 aromatic carbocycles. The number of aliphatic carboxylic acids is 1. The zero-order valence-corrected chi connectivity index (χ0v) is 10.5. The Morgan fingerprint density at radius 3 is 2.89 bits per heavy atom. The van der Waals surface area contributed by atoms with Crippen LogP contribution in [-0.2, 0) is 4.79 Å².